The Balaban J connectivity index is 5.44. The smallest absolute Gasteiger partial charge is 0.326 e. The molecule has 0 fully saturated rings. The van der Waals surface area contributed by atoms with Gasteiger partial charge in [0, 0.05) is 6.42 Å². The van der Waals surface area contributed by atoms with Crippen molar-refractivity contribution in [3.8, 4) is 0 Å². The van der Waals surface area contributed by atoms with Crippen molar-refractivity contribution in [3.63, 3.8) is 0 Å². The number of carboxylic acid groups (broad SMARTS) is 2. The van der Waals surface area contributed by atoms with Crippen LogP contribution in [0.15, 0.2) is 0 Å². The summed E-state index contributed by atoms with van der Waals surface area (Å²) in [5.41, 5.74) is 10.2. The highest BCUT2D eigenvalue weighted by atomic mass is 16.4. The molecule has 9 N–H and O–H groups in total. The van der Waals surface area contributed by atoms with Crippen molar-refractivity contribution in [2.45, 2.75) is 57.7 Å². The molecule has 0 aliphatic heterocycles. The summed E-state index contributed by atoms with van der Waals surface area (Å²) in [5.74, 6) is -6.51. The molecule has 0 rings (SSSR count). The molecule has 0 aliphatic carbocycles. The normalized spacial score (nSPS) is 14.5. The molecule has 13 nitrogen and oxygen atoms in total. The predicted molar refractivity (Wildman–Crippen MR) is 103 cm³/mol. The van der Waals surface area contributed by atoms with Gasteiger partial charge in [-0.15, -0.1) is 0 Å². The lowest BCUT2D eigenvalue weighted by Gasteiger charge is -2.27. The zero-order valence-electron chi connectivity index (χ0n) is 16.8. The number of aliphatic carboxylic acids is 2. The van der Waals surface area contributed by atoms with E-state index in [9.17, 15) is 33.9 Å². The maximum Gasteiger partial charge on any atom is 0.326 e. The van der Waals surface area contributed by atoms with E-state index in [2.05, 4.69) is 16.0 Å². The highest BCUT2D eigenvalue weighted by Gasteiger charge is 2.32. The van der Waals surface area contributed by atoms with Crippen LogP contribution in [0.4, 0.5) is 0 Å². The van der Waals surface area contributed by atoms with Crippen LogP contribution in [0.3, 0.4) is 0 Å². The van der Waals surface area contributed by atoms with E-state index in [1.165, 1.54) is 0 Å². The minimum absolute atomic E-state index is 0.244. The van der Waals surface area contributed by atoms with Crippen LogP contribution in [0.5, 0.6) is 0 Å². The van der Waals surface area contributed by atoms with Crippen LogP contribution in [-0.2, 0) is 28.8 Å². The molecule has 0 aromatic carbocycles. The minimum atomic E-state index is -1.48. The molecule has 30 heavy (non-hydrogen) atoms. The molecule has 0 aliphatic rings. The van der Waals surface area contributed by atoms with Gasteiger partial charge >= 0.3 is 11.9 Å². The van der Waals surface area contributed by atoms with Crippen LogP contribution >= 0.6 is 0 Å². The fraction of sp³-hybridized carbons (Fsp3) is 0.647. The third-order valence-electron chi connectivity index (χ3n) is 4.30. The Hall–Kier alpha value is -3.22. The van der Waals surface area contributed by atoms with E-state index in [0.29, 0.717) is 6.42 Å². The quantitative estimate of drug-likeness (QED) is 0.151. The molecular formula is C17H29N5O8. The second kappa shape index (κ2) is 13.1. The Kier molecular flexibility index (Phi) is 11.7. The summed E-state index contributed by atoms with van der Waals surface area (Å²) in [7, 11) is 0. The van der Waals surface area contributed by atoms with Gasteiger partial charge in [0.05, 0.1) is 13.0 Å². The van der Waals surface area contributed by atoms with E-state index < -0.39 is 72.6 Å². The van der Waals surface area contributed by atoms with Gasteiger partial charge in [0.15, 0.2) is 0 Å². The number of hydrogen-bond donors (Lipinski definition) is 7. The number of nitrogens with two attached hydrogens (primary N) is 2. The Morgan fingerprint density at radius 3 is 1.97 bits per heavy atom. The average Bonchev–Trinajstić information content (AvgIpc) is 2.66. The van der Waals surface area contributed by atoms with Gasteiger partial charge in [-0.3, -0.25) is 24.0 Å². The first-order valence-corrected chi connectivity index (χ1v) is 9.25. The van der Waals surface area contributed by atoms with Gasteiger partial charge in [0.1, 0.15) is 18.1 Å². The molecular weight excluding hydrogens is 402 g/mol. The van der Waals surface area contributed by atoms with Crippen molar-refractivity contribution in [2.75, 3.05) is 6.54 Å². The molecule has 0 bridgehead atoms. The molecule has 4 atom stereocenters. The van der Waals surface area contributed by atoms with E-state index in [1.54, 1.807) is 13.8 Å². The van der Waals surface area contributed by atoms with Crippen molar-refractivity contribution >= 4 is 35.6 Å². The average molecular weight is 431 g/mol. The minimum Gasteiger partial charge on any atom is -0.481 e. The first kappa shape index (κ1) is 26.8. The van der Waals surface area contributed by atoms with Crippen LogP contribution in [0.1, 0.15) is 39.5 Å². The van der Waals surface area contributed by atoms with Gasteiger partial charge in [-0.1, -0.05) is 20.3 Å². The van der Waals surface area contributed by atoms with E-state index in [0.717, 1.165) is 0 Å². The highest BCUT2D eigenvalue weighted by Crippen LogP contribution is 2.10. The number of nitrogens with one attached hydrogen (secondary N) is 3. The Morgan fingerprint density at radius 1 is 0.933 bits per heavy atom. The highest BCUT2D eigenvalue weighted by molar-refractivity contribution is 5.95. The maximum atomic E-state index is 12.6. The van der Waals surface area contributed by atoms with Gasteiger partial charge in [0.2, 0.25) is 23.6 Å². The molecule has 4 unspecified atom stereocenters. The van der Waals surface area contributed by atoms with Crippen LogP contribution in [0, 0.1) is 5.92 Å². The molecule has 13 heteroatoms. The van der Waals surface area contributed by atoms with E-state index in [4.69, 9.17) is 16.6 Å². The summed E-state index contributed by atoms with van der Waals surface area (Å²) in [6.07, 6.45) is -0.853. The Bertz CT molecular complexity index is 669. The standard InChI is InChI=1S/C17H29N5O8/c1-3-8(2)14(16(28)21-9(17(29)30)4-5-11(19)23)22-15(27)10(6-13(25)26)20-12(24)7-18/h8-10,14H,3-7,18H2,1-2H3,(H2,19,23)(H,20,24)(H,21,28)(H,22,27)(H,25,26)(H,29,30). The van der Waals surface area contributed by atoms with E-state index in [1.807, 2.05) is 0 Å². The summed E-state index contributed by atoms with van der Waals surface area (Å²) in [5, 5.41) is 24.9. The summed E-state index contributed by atoms with van der Waals surface area (Å²) in [6, 6.07) is -4.12. The second-order valence-corrected chi connectivity index (χ2v) is 6.70. The van der Waals surface area contributed by atoms with Crippen LogP contribution in [0.25, 0.3) is 0 Å². The van der Waals surface area contributed by atoms with Crippen molar-refractivity contribution in [2.24, 2.45) is 17.4 Å². The molecule has 0 radical (unpaired) electrons. The SMILES string of the molecule is CCC(C)C(NC(=O)C(CC(=O)O)NC(=O)CN)C(=O)NC(CCC(N)=O)C(=O)O. The van der Waals surface area contributed by atoms with Crippen molar-refractivity contribution < 1.29 is 39.0 Å². The number of carbonyl (C=O) groups excluding carboxylic acids is 4. The zero-order valence-corrected chi connectivity index (χ0v) is 16.8. The first-order valence-electron chi connectivity index (χ1n) is 9.25. The van der Waals surface area contributed by atoms with E-state index in [-0.39, 0.29) is 12.8 Å². The molecule has 0 heterocycles. The largest absolute Gasteiger partial charge is 0.481 e. The molecule has 0 aromatic rings. The fourth-order valence-electron chi connectivity index (χ4n) is 2.40. The lowest BCUT2D eigenvalue weighted by Crippen LogP contribution is -2.58. The number of primary amides is 1. The molecule has 0 saturated heterocycles. The number of amides is 4. The van der Waals surface area contributed by atoms with Gasteiger partial charge < -0.3 is 37.6 Å². The Labute approximate surface area is 172 Å². The zero-order chi connectivity index (χ0) is 23.4. The first-order chi connectivity index (χ1) is 13.9. The van der Waals surface area contributed by atoms with Crippen LogP contribution < -0.4 is 27.4 Å². The van der Waals surface area contributed by atoms with Gasteiger partial charge in [-0.2, -0.15) is 0 Å². The topological polar surface area (TPSA) is 231 Å². The monoisotopic (exact) mass is 431 g/mol. The molecule has 4 amide bonds. The summed E-state index contributed by atoms with van der Waals surface area (Å²) in [4.78, 5) is 69.8. The number of rotatable bonds is 14. The number of carbonyl (C=O) groups is 6. The van der Waals surface area contributed by atoms with Crippen LogP contribution in [-0.4, -0.2) is 70.5 Å². The maximum absolute atomic E-state index is 12.6. The molecule has 0 saturated carbocycles. The molecule has 0 spiro atoms. The Morgan fingerprint density at radius 2 is 1.53 bits per heavy atom. The van der Waals surface area contributed by atoms with E-state index >= 15 is 0 Å². The van der Waals surface area contributed by atoms with Crippen molar-refractivity contribution in [3.05, 3.63) is 0 Å². The third kappa shape index (κ3) is 9.82. The third-order valence-corrected chi connectivity index (χ3v) is 4.30. The molecule has 170 valence electrons. The summed E-state index contributed by atoms with van der Waals surface area (Å²) >= 11 is 0. The van der Waals surface area contributed by atoms with Gasteiger partial charge in [0.25, 0.3) is 0 Å². The second-order valence-electron chi connectivity index (χ2n) is 6.70. The molecule has 0 aromatic heterocycles. The summed E-state index contributed by atoms with van der Waals surface area (Å²) in [6.45, 7) is 2.87. The van der Waals surface area contributed by atoms with Gasteiger partial charge in [-0.25, -0.2) is 4.79 Å². The number of hydrogen-bond acceptors (Lipinski definition) is 7. The van der Waals surface area contributed by atoms with Crippen LogP contribution in [0.2, 0.25) is 0 Å². The lowest BCUT2D eigenvalue weighted by atomic mass is 9.97. The van der Waals surface area contributed by atoms with Crippen molar-refractivity contribution in [1.82, 2.24) is 16.0 Å². The van der Waals surface area contributed by atoms with Gasteiger partial charge in [-0.05, 0) is 12.3 Å². The predicted octanol–water partition coefficient (Wildman–Crippen LogP) is -2.73. The van der Waals surface area contributed by atoms with Crippen molar-refractivity contribution in [1.29, 1.82) is 0 Å². The lowest BCUT2D eigenvalue weighted by molar-refractivity contribution is -0.143. The fourth-order valence-corrected chi connectivity index (χ4v) is 2.40. The summed E-state index contributed by atoms with van der Waals surface area (Å²) < 4.78 is 0. The number of carboxylic acids is 2.